The third kappa shape index (κ3) is 5.59. The van der Waals surface area contributed by atoms with Crippen LogP contribution in [-0.2, 0) is 17.7 Å². The molecule has 0 aliphatic carbocycles. The Kier molecular flexibility index (Phi) is 7.37. The van der Waals surface area contributed by atoms with E-state index in [1.54, 1.807) is 25.3 Å². The van der Waals surface area contributed by atoms with E-state index in [1.807, 2.05) is 36.4 Å². The van der Waals surface area contributed by atoms with Crippen molar-refractivity contribution in [2.75, 3.05) is 37.0 Å². The number of hydrogen-bond donors (Lipinski definition) is 2. The molecule has 1 heterocycles. The van der Waals surface area contributed by atoms with Gasteiger partial charge >= 0.3 is 0 Å². The number of benzene rings is 3. The molecule has 0 atom stereocenters. The van der Waals surface area contributed by atoms with Crippen LogP contribution >= 0.6 is 0 Å². The monoisotopic (exact) mass is 443 g/mol. The molecule has 0 saturated heterocycles. The lowest BCUT2D eigenvalue weighted by molar-refractivity contribution is 0.0947. The smallest absolute Gasteiger partial charge is 0.255 e. The number of hydrogen-bond acceptors (Lipinski definition) is 4. The highest BCUT2D eigenvalue weighted by Gasteiger charge is 2.22. The Bertz CT molecular complexity index is 1110. The van der Waals surface area contributed by atoms with E-state index in [4.69, 9.17) is 4.74 Å². The molecule has 0 fully saturated rings. The Labute approximate surface area is 194 Å². The summed E-state index contributed by atoms with van der Waals surface area (Å²) in [5, 5.41) is 5.90. The molecule has 1 aliphatic heterocycles. The van der Waals surface area contributed by atoms with Crippen molar-refractivity contribution in [2.45, 2.75) is 19.4 Å². The first-order valence-electron chi connectivity index (χ1n) is 11.2. The highest BCUT2D eigenvalue weighted by Crippen LogP contribution is 2.29. The maximum absolute atomic E-state index is 13.1. The number of fused-ring (bicyclic) bond motifs is 1. The standard InChI is InChI=1S/C27H29N3O3/c1-33-17-7-15-28-27(32)24-18-23(29-26(31)21-9-3-2-4-10-21)12-13-25(24)30-16-14-20-8-5-6-11-22(20)19-30/h2-6,8-13,18H,7,14-17,19H2,1H3,(H,28,32)(H,29,31). The lowest BCUT2D eigenvalue weighted by Gasteiger charge is -2.32. The SMILES string of the molecule is COCCCNC(=O)c1cc(NC(=O)c2ccccc2)ccc1N1CCc2ccccc2C1. The number of ether oxygens (including phenoxy) is 1. The molecule has 170 valence electrons. The Morgan fingerprint density at radius 3 is 2.48 bits per heavy atom. The van der Waals surface area contributed by atoms with Gasteiger partial charge in [-0.2, -0.15) is 0 Å². The molecule has 6 nitrogen and oxygen atoms in total. The number of carbonyl (C=O) groups excluding carboxylic acids is 2. The van der Waals surface area contributed by atoms with Gasteiger partial charge in [-0.25, -0.2) is 0 Å². The number of amides is 2. The van der Waals surface area contributed by atoms with Gasteiger partial charge in [0.15, 0.2) is 0 Å². The van der Waals surface area contributed by atoms with Crippen molar-refractivity contribution in [1.29, 1.82) is 0 Å². The van der Waals surface area contributed by atoms with Gasteiger partial charge in [0, 0.05) is 50.3 Å². The molecule has 3 aromatic carbocycles. The molecule has 3 aromatic rings. The minimum atomic E-state index is -0.207. The first kappa shape index (κ1) is 22.6. The molecule has 0 unspecified atom stereocenters. The van der Waals surface area contributed by atoms with Crippen LogP contribution in [0.25, 0.3) is 0 Å². The maximum Gasteiger partial charge on any atom is 0.255 e. The molecule has 4 rings (SSSR count). The molecule has 1 aliphatic rings. The van der Waals surface area contributed by atoms with Gasteiger partial charge in [-0.1, -0.05) is 42.5 Å². The molecule has 2 N–H and O–H groups in total. The van der Waals surface area contributed by atoms with E-state index < -0.39 is 0 Å². The van der Waals surface area contributed by atoms with Crippen LogP contribution in [0.5, 0.6) is 0 Å². The Morgan fingerprint density at radius 2 is 1.70 bits per heavy atom. The number of carbonyl (C=O) groups is 2. The predicted molar refractivity (Wildman–Crippen MR) is 131 cm³/mol. The van der Waals surface area contributed by atoms with Crippen LogP contribution in [0.15, 0.2) is 72.8 Å². The zero-order chi connectivity index (χ0) is 23.0. The Balaban J connectivity index is 1.58. The summed E-state index contributed by atoms with van der Waals surface area (Å²) in [4.78, 5) is 28.0. The van der Waals surface area contributed by atoms with Crippen molar-refractivity contribution in [1.82, 2.24) is 5.32 Å². The molecular formula is C27H29N3O3. The lowest BCUT2D eigenvalue weighted by Crippen LogP contribution is -2.33. The van der Waals surface area contributed by atoms with E-state index in [0.717, 1.165) is 31.6 Å². The van der Waals surface area contributed by atoms with Crippen LogP contribution in [0.4, 0.5) is 11.4 Å². The summed E-state index contributed by atoms with van der Waals surface area (Å²) in [6.45, 7) is 2.69. The fourth-order valence-corrected chi connectivity index (χ4v) is 4.08. The first-order chi connectivity index (χ1) is 16.2. The highest BCUT2D eigenvalue weighted by atomic mass is 16.5. The average Bonchev–Trinajstić information content (AvgIpc) is 2.86. The maximum atomic E-state index is 13.1. The summed E-state index contributed by atoms with van der Waals surface area (Å²) in [7, 11) is 1.65. The molecular weight excluding hydrogens is 414 g/mol. The van der Waals surface area contributed by atoms with Crippen molar-refractivity contribution in [3.05, 3.63) is 95.1 Å². The number of nitrogens with one attached hydrogen (secondary N) is 2. The molecule has 0 aromatic heterocycles. The second-order valence-corrected chi connectivity index (χ2v) is 8.09. The summed E-state index contributed by atoms with van der Waals surface area (Å²) in [6, 6.07) is 23.0. The normalized spacial score (nSPS) is 12.7. The van der Waals surface area contributed by atoms with Crippen LogP contribution in [0.1, 0.15) is 38.3 Å². The largest absolute Gasteiger partial charge is 0.385 e. The van der Waals surface area contributed by atoms with Crippen molar-refractivity contribution in [3.63, 3.8) is 0 Å². The Hall–Kier alpha value is -3.64. The van der Waals surface area contributed by atoms with Gasteiger partial charge in [-0.05, 0) is 54.3 Å². The molecule has 33 heavy (non-hydrogen) atoms. The summed E-state index contributed by atoms with van der Waals surface area (Å²) in [5.41, 5.74) is 5.21. The second kappa shape index (κ2) is 10.8. The van der Waals surface area contributed by atoms with Gasteiger partial charge in [-0.3, -0.25) is 9.59 Å². The van der Waals surface area contributed by atoms with Crippen LogP contribution in [0.2, 0.25) is 0 Å². The molecule has 0 saturated carbocycles. The average molecular weight is 444 g/mol. The van der Waals surface area contributed by atoms with E-state index in [0.29, 0.717) is 30.0 Å². The van der Waals surface area contributed by atoms with Crippen molar-refractivity contribution < 1.29 is 14.3 Å². The minimum Gasteiger partial charge on any atom is -0.385 e. The zero-order valence-corrected chi connectivity index (χ0v) is 18.8. The summed E-state index contributed by atoms with van der Waals surface area (Å²) < 4.78 is 5.08. The van der Waals surface area contributed by atoms with E-state index in [2.05, 4.69) is 33.7 Å². The Morgan fingerprint density at radius 1 is 0.939 bits per heavy atom. The van der Waals surface area contributed by atoms with Crippen LogP contribution < -0.4 is 15.5 Å². The van der Waals surface area contributed by atoms with Crippen LogP contribution in [0, 0.1) is 0 Å². The molecule has 0 radical (unpaired) electrons. The first-order valence-corrected chi connectivity index (χ1v) is 11.2. The number of methoxy groups -OCH3 is 1. The topological polar surface area (TPSA) is 70.7 Å². The number of nitrogens with zero attached hydrogens (tertiary/aromatic N) is 1. The van der Waals surface area contributed by atoms with E-state index in [9.17, 15) is 9.59 Å². The van der Waals surface area contributed by atoms with Gasteiger partial charge in [0.2, 0.25) is 0 Å². The van der Waals surface area contributed by atoms with Gasteiger partial charge in [0.05, 0.1) is 5.56 Å². The van der Waals surface area contributed by atoms with Crippen LogP contribution in [0.3, 0.4) is 0 Å². The number of anilines is 2. The highest BCUT2D eigenvalue weighted by molar-refractivity contribution is 6.06. The fraction of sp³-hybridized carbons (Fsp3) is 0.259. The van der Waals surface area contributed by atoms with Crippen molar-refractivity contribution in [3.8, 4) is 0 Å². The fourth-order valence-electron chi connectivity index (χ4n) is 4.08. The van der Waals surface area contributed by atoms with E-state index >= 15 is 0 Å². The second-order valence-electron chi connectivity index (χ2n) is 8.09. The third-order valence-electron chi connectivity index (χ3n) is 5.82. The summed E-state index contributed by atoms with van der Waals surface area (Å²) in [6.07, 6.45) is 1.66. The minimum absolute atomic E-state index is 0.157. The predicted octanol–water partition coefficient (Wildman–Crippen LogP) is 4.27. The summed E-state index contributed by atoms with van der Waals surface area (Å²) >= 11 is 0. The molecule has 6 heteroatoms. The van der Waals surface area contributed by atoms with Gasteiger partial charge in [-0.15, -0.1) is 0 Å². The van der Waals surface area contributed by atoms with Crippen molar-refractivity contribution >= 4 is 23.2 Å². The molecule has 2 amide bonds. The lowest BCUT2D eigenvalue weighted by atomic mass is 9.98. The molecule has 0 bridgehead atoms. The number of rotatable bonds is 8. The van der Waals surface area contributed by atoms with Gasteiger partial charge < -0.3 is 20.3 Å². The van der Waals surface area contributed by atoms with E-state index in [1.165, 1.54) is 11.1 Å². The zero-order valence-electron chi connectivity index (χ0n) is 18.8. The van der Waals surface area contributed by atoms with E-state index in [-0.39, 0.29) is 11.8 Å². The van der Waals surface area contributed by atoms with Crippen molar-refractivity contribution in [2.24, 2.45) is 0 Å². The van der Waals surface area contributed by atoms with Gasteiger partial charge in [0.25, 0.3) is 11.8 Å². The quantitative estimate of drug-likeness (QED) is 0.510. The third-order valence-corrected chi connectivity index (χ3v) is 5.82. The van der Waals surface area contributed by atoms with Crippen LogP contribution in [-0.4, -0.2) is 38.6 Å². The molecule has 0 spiro atoms. The van der Waals surface area contributed by atoms with Gasteiger partial charge in [0.1, 0.15) is 0 Å². The summed E-state index contributed by atoms with van der Waals surface area (Å²) in [5.74, 6) is -0.363.